The summed E-state index contributed by atoms with van der Waals surface area (Å²) in [6.45, 7) is 5.57. The van der Waals surface area contributed by atoms with Crippen molar-refractivity contribution in [3.8, 4) is 5.75 Å². The molecule has 0 radical (unpaired) electrons. The molecule has 1 aromatic rings. The van der Waals surface area contributed by atoms with Gasteiger partial charge in [0.25, 0.3) is 0 Å². The molecule has 1 aliphatic heterocycles. The minimum atomic E-state index is -0.0602. The van der Waals surface area contributed by atoms with Crippen molar-refractivity contribution in [1.82, 2.24) is 4.90 Å². The number of hydrogen-bond acceptors (Lipinski definition) is 3. The lowest BCUT2D eigenvalue weighted by Gasteiger charge is -2.52. The number of ether oxygens (including phenoxy) is 1. The number of piperidine rings is 1. The Bertz CT molecular complexity index is 848. The number of amides is 1. The quantitative estimate of drug-likeness (QED) is 0.482. The minimum Gasteiger partial charge on any atom is -0.426 e. The summed E-state index contributed by atoms with van der Waals surface area (Å²) in [5, 5.41) is 0. The number of carbonyl (C=O) groups excluding carboxylic acids is 2. The first-order valence-electron chi connectivity index (χ1n) is 12.6. The predicted octanol–water partition coefficient (Wildman–Crippen LogP) is 5.41. The molecule has 3 aliphatic carbocycles. The zero-order chi connectivity index (χ0) is 21.6. The van der Waals surface area contributed by atoms with Crippen LogP contribution in [0.15, 0.2) is 18.2 Å². The molecule has 0 N–H and O–H groups in total. The van der Waals surface area contributed by atoms with Crippen LogP contribution in [-0.2, 0) is 21.4 Å². The van der Waals surface area contributed by atoms with E-state index in [2.05, 4.69) is 30.9 Å². The van der Waals surface area contributed by atoms with Crippen molar-refractivity contribution in [2.45, 2.75) is 95.9 Å². The first-order chi connectivity index (χ1) is 14.9. The Morgan fingerprint density at radius 1 is 0.935 bits per heavy atom. The molecule has 4 heteroatoms. The van der Waals surface area contributed by atoms with Gasteiger partial charge in [-0.2, -0.15) is 0 Å². The van der Waals surface area contributed by atoms with Gasteiger partial charge >= 0.3 is 5.97 Å². The van der Waals surface area contributed by atoms with Gasteiger partial charge in [0, 0.05) is 18.5 Å². The number of nitrogens with zero attached hydrogens (tertiary/aromatic N) is 1. The normalized spacial score (nSPS) is 28.3. The summed E-state index contributed by atoms with van der Waals surface area (Å²) < 4.78 is 5.82. The summed E-state index contributed by atoms with van der Waals surface area (Å²) >= 11 is 0. The summed E-state index contributed by atoms with van der Waals surface area (Å²) in [5.41, 5.74) is 2.58. The lowest BCUT2D eigenvalue weighted by atomic mass is 9.60. The van der Waals surface area contributed by atoms with E-state index in [-0.39, 0.29) is 23.2 Å². The van der Waals surface area contributed by atoms with Gasteiger partial charge in [-0.05, 0) is 79.5 Å². The van der Waals surface area contributed by atoms with E-state index in [0.717, 1.165) is 64.3 Å². The van der Waals surface area contributed by atoms with E-state index >= 15 is 0 Å². The van der Waals surface area contributed by atoms with E-state index in [1.807, 2.05) is 6.07 Å². The Kier molecular flexibility index (Phi) is 5.60. The summed E-state index contributed by atoms with van der Waals surface area (Å²) in [7, 11) is 0. The van der Waals surface area contributed by atoms with Crippen molar-refractivity contribution in [1.29, 1.82) is 0 Å². The van der Waals surface area contributed by atoms with Crippen molar-refractivity contribution in [2.24, 2.45) is 17.8 Å². The Balaban J connectivity index is 1.39. The van der Waals surface area contributed by atoms with Crippen molar-refractivity contribution < 1.29 is 14.3 Å². The zero-order valence-electron chi connectivity index (χ0n) is 19.2. The fourth-order valence-corrected chi connectivity index (χ4v) is 7.02. The lowest BCUT2D eigenvalue weighted by molar-refractivity contribution is -0.142. The van der Waals surface area contributed by atoms with E-state index in [1.54, 1.807) is 0 Å². The molecule has 2 unspecified atom stereocenters. The number of benzene rings is 1. The van der Waals surface area contributed by atoms with Crippen LogP contribution in [0.25, 0.3) is 0 Å². The molecule has 1 heterocycles. The third kappa shape index (κ3) is 3.81. The van der Waals surface area contributed by atoms with Crippen LogP contribution in [0.2, 0.25) is 0 Å². The average Bonchev–Trinajstić information content (AvgIpc) is 3.48. The highest BCUT2D eigenvalue weighted by atomic mass is 16.5. The van der Waals surface area contributed by atoms with Gasteiger partial charge in [-0.3, -0.25) is 9.59 Å². The van der Waals surface area contributed by atoms with Crippen LogP contribution in [0.4, 0.5) is 0 Å². The Morgan fingerprint density at radius 3 is 2.32 bits per heavy atom. The molecule has 5 rings (SSSR count). The molecule has 4 aliphatic rings. The maximum absolute atomic E-state index is 13.3. The van der Waals surface area contributed by atoms with Gasteiger partial charge in [0.2, 0.25) is 5.91 Å². The standard InChI is InChI=1S/C27H37NO3/c1-27(2)22-12-7-15-28(25(29)18-8-3-4-9-18)24(22)16-20-13-14-21(17-23(20)27)31-26(30)19-10-5-6-11-19/h13-14,17-19,22,24H,3-12,15-16H2,1-2H3. The van der Waals surface area contributed by atoms with E-state index in [9.17, 15) is 9.59 Å². The number of rotatable bonds is 3. The van der Waals surface area contributed by atoms with Gasteiger partial charge in [0.15, 0.2) is 0 Å². The predicted molar refractivity (Wildman–Crippen MR) is 121 cm³/mol. The highest BCUT2D eigenvalue weighted by Crippen LogP contribution is 2.48. The summed E-state index contributed by atoms with van der Waals surface area (Å²) in [4.78, 5) is 28.2. The smallest absolute Gasteiger partial charge is 0.314 e. The van der Waals surface area contributed by atoms with Gasteiger partial charge < -0.3 is 9.64 Å². The fraction of sp³-hybridized carbons (Fsp3) is 0.704. The zero-order valence-corrected chi connectivity index (χ0v) is 19.2. The second kappa shape index (κ2) is 8.26. The molecule has 3 fully saturated rings. The number of likely N-dealkylation sites (tertiary alicyclic amines) is 1. The van der Waals surface area contributed by atoms with Crippen LogP contribution < -0.4 is 4.74 Å². The van der Waals surface area contributed by atoms with Gasteiger partial charge in [-0.1, -0.05) is 45.6 Å². The van der Waals surface area contributed by atoms with Crippen LogP contribution in [0.5, 0.6) is 5.75 Å². The minimum absolute atomic E-state index is 0.0390. The molecule has 168 valence electrons. The molecule has 1 aromatic carbocycles. The molecule has 4 nitrogen and oxygen atoms in total. The molecule has 0 bridgehead atoms. The summed E-state index contributed by atoms with van der Waals surface area (Å²) in [6.07, 6.45) is 11.9. The van der Waals surface area contributed by atoms with E-state index in [1.165, 1.54) is 24.0 Å². The topological polar surface area (TPSA) is 46.6 Å². The fourth-order valence-electron chi connectivity index (χ4n) is 7.02. The van der Waals surface area contributed by atoms with Crippen LogP contribution >= 0.6 is 0 Å². The third-order valence-corrected chi connectivity index (χ3v) is 8.80. The second-order valence-corrected chi connectivity index (χ2v) is 11.0. The van der Waals surface area contributed by atoms with Crippen molar-refractivity contribution in [3.05, 3.63) is 29.3 Å². The van der Waals surface area contributed by atoms with Crippen LogP contribution in [0.1, 0.15) is 89.2 Å². The highest BCUT2D eigenvalue weighted by Gasteiger charge is 2.48. The number of carbonyl (C=O) groups is 2. The molecular formula is C27H37NO3. The summed E-state index contributed by atoms with van der Waals surface area (Å²) in [5.74, 6) is 1.82. The maximum Gasteiger partial charge on any atom is 0.314 e. The highest BCUT2D eigenvalue weighted by molar-refractivity contribution is 5.80. The molecule has 1 amide bonds. The van der Waals surface area contributed by atoms with Crippen LogP contribution in [-0.4, -0.2) is 29.4 Å². The molecule has 31 heavy (non-hydrogen) atoms. The van der Waals surface area contributed by atoms with Crippen LogP contribution in [0.3, 0.4) is 0 Å². The SMILES string of the molecule is CC1(C)c2cc(OC(=O)C3CCCC3)ccc2CC2C1CCCN2C(=O)C1CCCC1. The third-order valence-electron chi connectivity index (χ3n) is 8.80. The Labute approximate surface area is 186 Å². The molecule has 2 saturated carbocycles. The second-order valence-electron chi connectivity index (χ2n) is 11.0. The number of hydrogen-bond donors (Lipinski definition) is 0. The van der Waals surface area contributed by atoms with Gasteiger partial charge in [0.05, 0.1) is 5.92 Å². The first kappa shape index (κ1) is 21.0. The monoisotopic (exact) mass is 423 g/mol. The van der Waals surface area contributed by atoms with Gasteiger partial charge in [-0.25, -0.2) is 0 Å². The number of esters is 1. The van der Waals surface area contributed by atoms with Gasteiger partial charge in [0.1, 0.15) is 5.75 Å². The van der Waals surface area contributed by atoms with Gasteiger partial charge in [-0.15, -0.1) is 0 Å². The van der Waals surface area contributed by atoms with Crippen LogP contribution in [0, 0.1) is 17.8 Å². The maximum atomic E-state index is 13.3. The molecule has 0 spiro atoms. The lowest BCUT2D eigenvalue weighted by Crippen LogP contribution is -2.57. The van der Waals surface area contributed by atoms with Crippen molar-refractivity contribution >= 4 is 11.9 Å². The average molecular weight is 424 g/mol. The molecule has 2 atom stereocenters. The number of fused-ring (bicyclic) bond motifs is 2. The Morgan fingerprint density at radius 2 is 1.61 bits per heavy atom. The first-order valence-corrected chi connectivity index (χ1v) is 12.6. The molecule has 1 saturated heterocycles. The summed E-state index contributed by atoms with van der Waals surface area (Å²) in [6, 6.07) is 6.54. The van der Waals surface area contributed by atoms with Crippen molar-refractivity contribution in [3.63, 3.8) is 0 Å². The van der Waals surface area contributed by atoms with Crippen molar-refractivity contribution in [2.75, 3.05) is 6.54 Å². The molecule has 0 aromatic heterocycles. The molecular weight excluding hydrogens is 386 g/mol. The largest absolute Gasteiger partial charge is 0.426 e. The van der Waals surface area contributed by atoms with E-state index in [0.29, 0.717) is 23.6 Å². The van der Waals surface area contributed by atoms with E-state index < -0.39 is 0 Å². The Hall–Kier alpha value is -1.84. The van der Waals surface area contributed by atoms with E-state index in [4.69, 9.17) is 4.74 Å².